The summed E-state index contributed by atoms with van der Waals surface area (Å²) in [6, 6.07) is 10.6. The molecule has 0 atom stereocenters. The molecule has 0 aliphatic carbocycles. The number of unbranched alkanes of at least 4 members (excludes halogenated alkanes) is 1. The largest absolute Gasteiger partial charge is 0.356 e. The van der Waals surface area contributed by atoms with Crippen molar-refractivity contribution in [2.75, 3.05) is 20.1 Å². The van der Waals surface area contributed by atoms with Gasteiger partial charge in [0.25, 0.3) is 0 Å². The first kappa shape index (κ1) is 15.5. The molecule has 0 aliphatic rings. The molecule has 0 spiro atoms. The number of aliphatic imine (C=N–C) groups is 1. The Morgan fingerprint density at radius 2 is 1.84 bits per heavy atom. The van der Waals surface area contributed by atoms with Crippen LogP contribution in [-0.4, -0.2) is 26.1 Å². The van der Waals surface area contributed by atoms with Gasteiger partial charge in [0.2, 0.25) is 0 Å². The van der Waals surface area contributed by atoms with Crippen LogP contribution in [0.25, 0.3) is 0 Å². The minimum Gasteiger partial charge on any atom is -0.356 e. The van der Waals surface area contributed by atoms with E-state index in [0.29, 0.717) is 0 Å². The maximum absolute atomic E-state index is 4.25. The summed E-state index contributed by atoms with van der Waals surface area (Å²) in [4.78, 5) is 4.25. The first-order chi connectivity index (χ1) is 9.10. The zero-order valence-corrected chi connectivity index (χ0v) is 12.7. The van der Waals surface area contributed by atoms with Gasteiger partial charge < -0.3 is 10.6 Å². The van der Waals surface area contributed by atoms with E-state index in [9.17, 15) is 0 Å². The molecule has 0 saturated heterocycles. The maximum Gasteiger partial charge on any atom is 0.191 e. The van der Waals surface area contributed by atoms with E-state index in [1.807, 2.05) is 7.05 Å². The summed E-state index contributed by atoms with van der Waals surface area (Å²) in [6.07, 6.45) is 2.36. The molecule has 0 aliphatic heterocycles. The lowest BCUT2D eigenvalue weighted by molar-refractivity contribution is 0.508. The molecule has 0 radical (unpaired) electrons. The van der Waals surface area contributed by atoms with Crippen LogP contribution in [0.1, 0.15) is 39.2 Å². The highest BCUT2D eigenvalue weighted by Gasteiger charge is 2.20. The fourth-order valence-electron chi connectivity index (χ4n) is 1.90. The van der Waals surface area contributed by atoms with Crippen molar-refractivity contribution in [3.63, 3.8) is 0 Å². The van der Waals surface area contributed by atoms with E-state index in [2.05, 4.69) is 66.7 Å². The van der Waals surface area contributed by atoms with Crippen molar-refractivity contribution >= 4 is 5.96 Å². The number of hydrogen-bond donors (Lipinski definition) is 2. The van der Waals surface area contributed by atoms with Crippen LogP contribution >= 0.6 is 0 Å². The van der Waals surface area contributed by atoms with E-state index >= 15 is 0 Å². The quantitative estimate of drug-likeness (QED) is 0.469. The van der Waals surface area contributed by atoms with Gasteiger partial charge in [-0.1, -0.05) is 57.5 Å². The number of hydrogen-bond acceptors (Lipinski definition) is 1. The molecule has 0 aromatic heterocycles. The van der Waals surface area contributed by atoms with Crippen molar-refractivity contribution in [3.05, 3.63) is 35.9 Å². The Morgan fingerprint density at radius 3 is 2.42 bits per heavy atom. The molecular weight excluding hydrogens is 234 g/mol. The lowest BCUT2D eigenvalue weighted by atomic mass is 9.85. The molecule has 2 N–H and O–H groups in total. The van der Waals surface area contributed by atoms with Gasteiger partial charge in [-0.2, -0.15) is 0 Å². The summed E-state index contributed by atoms with van der Waals surface area (Å²) in [6.45, 7) is 8.52. The smallest absolute Gasteiger partial charge is 0.191 e. The molecule has 1 rings (SSSR count). The van der Waals surface area contributed by atoms with Crippen LogP contribution in [0.3, 0.4) is 0 Å². The number of nitrogens with zero attached hydrogens (tertiary/aromatic N) is 1. The first-order valence-electron chi connectivity index (χ1n) is 7.10. The molecule has 106 valence electrons. The predicted octanol–water partition coefficient (Wildman–Crippen LogP) is 2.93. The van der Waals surface area contributed by atoms with Crippen molar-refractivity contribution in [1.82, 2.24) is 10.6 Å². The van der Waals surface area contributed by atoms with Crippen LogP contribution in [0, 0.1) is 0 Å². The van der Waals surface area contributed by atoms with Gasteiger partial charge in [0.05, 0.1) is 0 Å². The lowest BCUT2D eigenvalue weighted by Crippen LogP contribution is -2.43. The Labute approximate surface area is 117 Å². The average Bonchev–Trinajstić information content (AvgIpc) is 2.43. The standard InChI is InChI=1S/C16H27N3/c1-5-6-12-18-15(17-4)19-13-16(2,3)14-10-8-7-9-11-14/h7-11H,5-6,12-13H2,1-4H3,(H2,17,18,19). The van der Waals surface area contributed by atoms with Crippen molar-refractivity contribution in [1.29, 1.82) is 0 Å². The summed E-state index contributed by atoms with van der Waals surface area (Å²) < 4.78 is 0. The molecule has 0 amide bonds. The van der Waals surface area contributed by atoms with Gasteiger partial charge in [0.15, 0.2) is 5.96 Å². The second-order valence-electron chi connectivity index (χ2n) is 5.46. The van der Waals surface area contributed by atoms with Gasteiger partial charge in [0.1, 0.15) is 0 Å². The number of rotatable bonds is 6. The summed E-state index contributed by atoms with van der Waals surface area (Å²) in [7, 11) is 1.82. The topological polar surface area (TPSA) is 36.4 Å². The Balaban J connectivity index is 2.50. The van der Waals surface area contributed by atoms with Crippen molar-refractivity contribution in [3.8, 4) is 0 Å². The van der Waals surface area contributed by atoms with Crippen LogP contribution in [0.4, 0.5) is 0 Å². The van der Waals surface area contributed by atoms with Gasteiger partial charge >= 0.3 is 0 Å². The Bertz CT molecular complexity index is 382. The first-order valence-corrected chi connectivity index (χ1v) is 7.10. The summed E-state index contributed by atoms with van der Waals surface area (Å²) in [5.74, 6) is 0.887. The summed E-state index contributed by atoms with van der Waals surface area (Å²) >= 11 is 0. The number of benzene rings is 1. The monoisotopic (exact) mass is 261 g/mol. The second-order valence-corrected chi connectivity index (χ2v) is 5.46. The highest BCUT2D eigenvalue weighted by Crippen LogP contribution is 2.21. The fourth-order valence-corrected chi connectivity index (χ4v) is 1.90. The Kier molecular flexibility index (Phi) is 6.40. The Hall–Kier alpha value is -1.51. The molecular formula is C16H27N3. The minimum absolute atomic E-state index is 0.0869. The number of nitrogens with one attached hydrogen (secondary N) is 2. The van der Waals surface area contributed by atoms with E-state index in [1.165, 1.54) is 18.4 Å². The average molecular weight is 261 g/mol. The third-order valence-electron chi connectivity index (χ3n) is 3.30. The normalized spacial score (nSPS) is 12.3. The zero-order valence-electron chi connectivity index (χ0n) is 12.7. The predicted molar refractivity (Wildman–Crippen MR) is 83.7 cm³/mol. The molecule has 0 heterocycles. The van der Waals surface area contributed by atoms with E-state index in [0.717, 1.165) is 19.0 Å². The third kappa shape index (κ3) is 5.33. The summed E-state index contributed by atoms with van der Waals surface area (Å²) in [5.41, 5.74) is 1.43. The van der Waals surface area contributed by atoms with Crippen molar-refractivity contribution in [2.24, 2.45) is 4.99 Å². The SMILES string of the molecule is CCCCNC(=NC)NCC(C)(C)c1ccccc1. The molecule has 0 fully saturated rings. The Morgan fingerprint density at radius 1 is 1.16 bits per heavy atom. The second kappa shape index (κ2) is 7.82. The van der Waals surface area contributed by atoms with Crippen LogP contribution in [0.5, 0.6) is 0 Å². The van der Waals surface area contributed by atoms with Gasteiger partial charge in [-0.3, -0.25) is 4.99 Å². The molecule has 3 heteroatoms. The van der Waals surface area contributed by atoms with Crippen molar-refractivity contribution in [2.45, 2.75) is 39.0 Å². The van der Waals surface area contributed by atoms with Gasteiger partial charge in [-0.15, -0.1) is 0 Å². The molecule has 0 saturated carbocycles. The van der Waals surface area contributed by atoms with E-state index in [-0.39, 0.29) is 5.41 Å². The van der Waals surface area contributed by atoms with Crippen LogP contribution in [0.2, 0.25) is 0 Å². The maximum atomic E-state index is 4.25. The molecule has 0 unspecified atom stereocenters. The van der Waals surface area contributed by atoms with Crippen molar-refractivity contribution < 1.29 is 0 Å². The van der Waals surface area contributed by atoms with E-state index < -0.39 is 0 Å². The van der Waals surface area contributed by atoms with E-state index in [4.69, 9.17) is 0 Å². The third-order valence-corrected chi connectivity index (χ3v) is 3.30. The fraction of sp³-hybridized carbons (Fsp3) is 0.562. The highest BCUT2D eigenvalue weighted by molar-refractivity contribution is 5.79. The van der Waals surface area contributed by atoms with Crippen LogP contribution in [0.15, 0.2) is 35.3 Å². The molecule has 1 aromatic rings. The van der Waals surface area contributed by atoms with E-state index in [1.54, 1.807) is 0 Å². The van der Waals surface area contributed by atoms with Crippen LogP contribution < -0.4 is 10.6 Å². The summed E-state index contributed by atoms with van der Waals surface area (Å²) in [5, 5.41) is 6.74. The van der Waals surface area contributed by atoms with Gasteiger partial charge in [-0.05, 0) is 12.0 Å². The zero-order chi connectivity index (χ0) is 14.1. The molecule has 19 heavy (non-hydrogen) atoms. The highest BCUT2D eigenvalue weighted by atomic mass is 15.2. The van der Waals surface area contributed by atoms with Gasteiger partial charge in [-0.25, -0.2) is 0 Å². The van der Waals surface area contributed by atoms with Gasteiger partial charge in [0, 0.05) is 25.6 Å². The lowest BCUT2D eigenvalue weighted by Gasteiger charge is -2.26. The minimum atomic E-state index is 0.0869. The van der Waals surface area contributed by atoms with Crippen LogP contribution in [-0.2, 0) is 5.41 Å². The molecule has 0 bridgehead atoms. The number of guanidine groups is 1. The molecule has 3 nitrogen and oxygen atoms in total. The molecule has 1 aromatic carbocycles.